The molecule has 0 bridgehead atoms. The standard InChI is InChI=1S/C15H28BrN/c1-17(11-14-7-3-2-4-8-14)13-15(12-16)9-5-6-10-15/h14H,2-13H2,1H3. The van der Waals surface area contributed by atoms with Gasteiger partial charge >= 0.3 is 0 Å². The van der Waals surface area contributed by atoms with Gasteiger partial charge in [-0.15, -0.1) is 0 Å². The average Bonchev–Trinajstić information content (AvgIpc) is 2.79. The molecule has 0 radical (unpaired) electrons. The summed E-state index contributed by atoms with van der Waals surface area (Å²) in [6.07, 6.45) is 13.2. The van der Waals surface area contributed by atoms with Gasteiger partial charge in [0.2, 0.25) is 0 Å². The second-order valence-corrected chi connectivity index (χ2v) is 7.10. The van der Waals surface area contributed by atoms with E-state index in [2.05, 4.69) is 27.9 Å². The zero-order chi connectivity index (χ0) is 12.1. The van der Waals surface area contributed by atoms with Crippen molar-refractivity contribution < 1.29 is 0 Å². The number of halogens is 1. The van der Waals surface area contributed by atoms with E-state index in [1.54, 1.807) is 0 Å². The summed E-state index contributed by atoms with van der Waals surface area (Å²) in [7, 11) is 2.34. The first kappa shape index (κ1) is 13.9. The highest BCUT2D eigenvalue weighted by atomic mass is 79.9. The van der Waals surface area contributed by atoms with Crippen LogP contribution in [0.1, 0.15) is 57.8 Å². The smallest absolute Gasteiger partial charge is 0.0100 e. The quantitative estimate of drug-likeness (QED) is 0.678. The Hall–Kier alpha value is 0.440. The van der Waals surface area contributed by atoms with Crippen LogP contribution in [0, 0.1) is 11.3 Å². The van der Waals surface area contributed by atoms with Crippen molar-refractivity contribution >= 4 is 15.9 Å². The molecule has 0 amide bonds. The Bertz CT molecular complexity index is 217. The summed E-state index contributed by atoms with van der Waals surface area (Å²) in [6.45, 7) is 2.66. The molecule has 0 spiro atoms. The van der Waals surface area contributed by atoms with Crippen molar-refractivity contribution in [3.8, 4) is 0 Å². The SMILES string of the molecule is CN(CC1CCCCC1)CC1(CBr)CCCC1. The maximum absolute atomic E-state index is 3.76. The van der Waals surface area contributed by atoms with E-state index in [0.717, 1.165) is 5.92 Å². The molecular weight excluding hydrogens is 274 g/mol. The van der Waals surface area contributed by atoms with Gasteiger partial charge in [-0.05, 0) is 44.1 Å². The van der Waals surface area contributed by atoms with Gasteiger partial charge in [0.25, 0.3) is 0 Å². The van der Waals surface area contributed by atoms with Gasteiger partial charge in [-0.2, -0.15) is 0 Å². The van der Waals surface area contributed by atoms with Crippen LogP contribution in [0.25, 0.3) is 0 Å². The Kier molecular flexibility index (Phi) is 5.35. The van der Waals surface area contributed by atoms with Crippen molar-refractivity contribution in [2.24, 2.45) is 11.3 Å². The number of rotatable bonds is 5. The fourth-order valence-electron chi connectivity index (χ4n) is 3.91. The minimum atomic E-state index is 0.601. The van der Waals surface area contributed by atoms with Crippen molar-refractivity contribution in [3.63, 3.8) is 0 Å². The van der Waals surface area contributed by atoms with E-state index in [1.165, 1.54) is 76.2 Å². The molecule has 0 N–H and O–H groups in total. The number of hydrogen-bond donors (Lipinski definition) is 0. The molecule has 0 aliphatic heterocycles. The van der Waals surface area contributed by atoms with Crippen molar-refractivity contribution in [1.29, 1.82) is 0 Å². The van der Waals surface area contributed by atoms with Gasteiger partial charge in [0.15, 0.2) is 0 Å². The van der Waals surface area contributed by atoms with Crippen LogP contribution in [0.2, 0.25) is 0 Å². The average molecular weight is 302 g/mol. The first-order valence-electron chi connectivity index (χ1n) is 7.49. The molecule has 2 fully saturated rings. The Morgan fingerprint density at radius 3 is 2.29 bits per heavy atom. The lowest BCUT2D eigenvalue weighted by Gasteiger charge is -2.34. The third-order valence-corrected chi connectivity index (χ3v) is 6.04. The van der Waals surface area contributed by atoms with E-state index in [1.807, 2.05) is 0 Å². The van der Waals surface area contributed by atoms with Crippen molar-refractivity contribution in [3.05, 3.63) is 0 Å². The number of hydrogen-bond acceptors (Lipinski definition) is 1. The zero-order valence-electron chi connectivity index (χ0n) is 11.4. The molecule has 0 unspecified atom stereocenters. The van der Waals surface area contributed by atoms with Crippen LogP contribution in [0.5, 0.6) is 0 Å². The van der Waals surface area contributed by atoms with E-state index in [9.17, 15) is 0 Å². The molecule has 2 saturated carbocycles. The molecular formula is C15H28BrN. The Morgan fingerprint density at radius 1 is 1.06 bits per heavy atom. The summed E-state index contributed by atoms with van der Waals surface area (Å²) in [6, 6.07) is 0. The van der Waals surface area contributed by atoms with Gasteiger partial charge < -0.3 is 4.90 Å². The molecule has 1 nitrogen and oxygen atoms in total. The van der Waals surface area contributed by atoms with Crippen LogP contribution in [0.4, 0.5) is 0 Å². The van der Waals surface area contributed by atoms with Gasteiger partial charge in [0.1, 0.15) is 0 Å². The molecule has 0 saturated heterocycles. The molecule has 2 aliphatic carbocycles. The molecule has 0 aromatic heterocycles. The maximum Gasteiger partial charge on any atom is 0.0100 e. The number of alkyl halides is 1. The molecule has 2 rings (SSSR count). The predicted octanol–water partition coefficient (Wildman–Crippen LogP) is 4.45. The minimum absolute atomic E-state index is 0.601. The van der Waals surface area contributed by atoms with E-state index in [0.29, 0.717) is 5.41 Å². The molecule has 2 aliphatic rings. The highest BCUT2D eigenvalue weighted by Crippen LogP contribution is 2.40. The molecule has 0 aromatic carbocycles. The summed E-state index contributed by atoms with van der Waals surface area (Å²) in [4.78, 5) is 2.63. The summed E-state index contributed by atoms with van der Waals surface area (Å²) in [5.74, 6) is 0.988. The van der Waals surface area contributed by atoms with Gasteiger partial charge in [-0.1, -0.05) is 48.0 Å². The highest BCUT2D eigenvalue weighted by molar-refractivity contribution is 9.09. The monoisotopic (exact) mass is 301 g/mol. The lowest BCUT2D eigenvalue weighted by atomic mass is 9.86. The van der Waals surface area contributed by atoms with Crippen LogP contribution < -0.4 is 0 Å². The largest absolute Gasteiger partial charge is 0.306 e. The van der Waals surface area contributed by atoms with Crippen LogP contribution in [0.15, 0.2) is 0 Å². The van der Waals surface area contributed by atoms with E-state index < -0.39 is 0 Å². The summed E-state index contributed by atoms with van der Waals surface area (Å²) in [5.41, 5.74) is 0.601. The normalized spacial score (nSPS) is 25.6. The first-order valence-corrected chi connectivity index (χ1v) is 8.61. The maximum atomic E-state index is 3.76. The third-order valence-electron chi connectivity index (χ3n) is 4.85. The van der Waals surface area contributed by atoms with Gasteiger partial charge in [-0.25, -0.2) is 0 Å². The summed E-state index contributed by atoms with van der Waals surface area (Å²) in [5, 5.41) is 1.20. The van der Waals surface area contributed by atoms with Gasteiger partial charge in [-0.3, -0.25) is 0 Å². The summed E-state index contributed by atoms with van der Waals surface area (Å²) < 4.78 is 0. The lowest BCUT2D eigenvalue weighted by molar-refractivity contribution is 0.165. The van der Waals surface area contributed by atoms with E-state index in [4.69, 9.17) is 0 Å². The van der Waals surface area contributed by atoms with Crippen LogP contribution in [0.3, 0.4) is 0 Å². The first-order chi connectivity index (χ1) is 8.24. The Morgan fingerprint density at radius 2 is 1.71 bits per heavy atom. The molecule has 2 heteroatoms. The second-order valence-electron chi connectivity index (χ2n) is 6.54. The minimum Gasteiger partial charge on any atom is -0.306 e. The summed E-state index contributed by atoms with van der Waals surface area (Å²) >= 11 is 3.76. The Balaban J connectivity index is 1.77. The fraction of sp³-hybridized carbons (Fsp3) is 1.00. The van der Waals surface area contributed by atoms with Crippen LogP contribution in [-0.2, 0) is 0 Å². The van der Waals surface area contributed by atoms with Gasteiger partial charge in [0.05, 0.1) is 0 Å². The van der Waals surface area contributed by atoms with Gasteiger partial charge in [0, 0.05) is 18.4 Å². The zero-order valence-corrected chi connectivity index (χ0v) is 13.0. The highest BCUT2D eigenvalue weighted by Gasteiger charge is 2.34. The van der Waals surface area contributed by atoms with Crippen molar-refractivity contribution in [2.45, 2.75) is 57.8 Å². The van der Waals surface area contributed by atoms with E-state index >= 15 is 0 Å². The predicted molar refractivity (Wildman–Crippen MR) is 78.8 cm³/mol. The Labute approximate surface area is 115 Å². The van der Waals surface area contributed by atoms with Crippen molar-refractivity contribution in [2.75, 3.05) is 25.5 Å². The molecule has 100 valence electrons. The van der Waals surface area contributed by atoms with Crippen LogP contribution >= 0.6 is 15.9 Å². The molecule has 0 heterocycles. The van der Waals surface area contributed by atoms with Crippen LogP contribution in [-0.4, -0.2) is 30.4 Å². The lowest BCUT2D eigenvalue weighted by Crippen LogP contribution is -2.37. The number of nitrogens with zero attached hydrogens (tertiary/aromatic N) is 1. The molecule has 0 aromatic rings. The molecule has 17 heavy (non-hydrogen) atoms. The van der Waals surface area contributed by atoms with E-state index in [-0.39, 0.29) is 0 Å². The fourth-order valence-corrected chi connectivity index (χ4v) is 4.64. The topological polar surface area (TPSA) is 3.24 Å². The molecule has 0 atom stereocenters. The third kappa shape index (κ3) is 3.96. The second kappa shape index (κ2) is 6.56. The van der Waals surface area contributed by atoms with Crippen molar-refractivity contribution in [1.82, 2.24) is 4.90 Å².